The van der Waals surface area contributed by atoms with E-state index in [0.717, 1.165) is 12.1 Å². The number of hydrogen-bond acceptors (Lipinski definition) is 2. The van der Waals surface area contributed by atoms with Crippen LogP contribution in [0.4, 0.5) is 5.69 Å². The molecule has 1 aliphatic heterocycles. The predicted octanol–water partition coefficient (Wildman–Crippen LogP) is 3.53. The summed E-state index contributed by atoms with van der Waals surface area (Å²) >= 11 is 0. The van der Waals surface area contributed by atoms with Gasteiger partial charge in [-0.05, 0) is 61.6 Å². The van der Waals surface area contributed by atoms with Crippen LogP contribution in [-0.2, 0) is 16.0 Å². The van der Waals surface area contributed by atoms with Gasteiger partial charge in [-0.25, -0.2) is 0 Å². The van der Waals surface area contributed by atoms with Gasteiger partial charge in [0.25, 0.3) is 0 Å². The third-order valence-electron chi connectivity index (χ3n) is 5.08. The van der Waals surface area contributed by atoms with Crippen LogP contribution in [0, 0.1) is 5.92 Å². The van der Waals surface area contributed by atoms with Crippen LogP contribution in [0.25, 0.3) is 11.1 Å². The van der Waals surface area contributed by atoms with Gasteiger partial charge >= 0.3 is 0 Å². The predicted molar refractivity (Wildman–Crippen MR) is 103 cm³/mol. The van der Waals surface area contributed by atoms with Crippen molar-refractivity contribution >= 4 is 17.5 Å². The summed E-state index contributed by atoms with van der Waals surface area (Å²) in [7, 11) is 0. The first kappa shape index (κ1) is 16.8. The molecule has 1 saturated heterocycles. The zero-order chi connectivity index (χ0) is 18.5. The lowest BCUT2D eigenvalue weighted by Gasteiger charge is -2.23. The Morgan fingerprint density at radius 3 is 2.58 bits per heavy atom. The van der Waals surface area contributed by atoms with Crippen molar-refractivity contribution in [1.82, 2.24) is 5.32 Å². The number of anilines is 1. The third kappa shape index (κ3) is 3.00. The highest BCUT2D eigenvalue weighted by molar-refractivity contribution is 6.00. The minimum absolute atomic E-state index is 0.0227. The lowest BCUT2D eigenvalue weighted by atomic mass is 10.0. The quantitative estimate of drug-likeness (QED) is 0.770. The molecule has 1 aliphatic carbocycles. The molecule has 1 N–H and O–H groups in total. The summed E-state index contributed by atoms with van der Waals surface area (Å²) in [4.78, 5) is 26.7. The molecule has 0 spiro atoms. The van der Waals surface area contributed by atoms with Crippen molar-refractivity contribution in [2.24, 2.45) is 5.92 Å². The van der Waals surface area contributed by atoms with Crippen molar-refractivity contribution in [3.63, 3.8) is 0 Å². The topological polar surface area (TPSA) is 49.4 Å². The molecule has 4 heteroatoms. The molecule has 2 aromatic carbocycles. The maximum atomic E-state index is 12.5. The van der Waals surface area contributed by atoms with Gasteiger partial charge in [-0.1, -0.05) is 30.3 Å². The van der Waals surface area contributed by atoms with Gasteiger partial charge in [0.05, 0.1) is 5.92 Å². The molecule has 4 nitrogen and oxygen atoms in total. The summed E-state index contributed by atoms with van der Waals surface area (Å²) in [6.07, 6.45) is 1.18. The first-order valence-electron chi connectivity index (χ1n) is 9.15. The zero-order valence-corrected chi connectivity index (χ0v) is 15.5. The third-order valence-corrected chi connectivity index (χ3v) is 5.08. The van der Waals surface area contributed by atoms with Gasteiger partial charge in [0.1, 0.15) is 0 Å². The molecular weight excluding hydrogens is 324 g/mol. The summed E-state index contributed by atoms with van der Waals surface area (Å²) < 4.78 is 0. The van der Waals surface area contributed by atoms with Crippen LogP contribution in [0.2, 0.25) is 0 Å². The molecule has 0 aromatic heterocycles. The summed E-state index contributed by atoms with van der Waals surface area (Å²) in [5.74, 6) is -0.302. The minimum atomic E-state index is -0.285. The fourth-order valence-electron chi connectivity index (χ4n) is 3.90. The first-order valence-corrected chi connectivity index (χ1v) is 9.15. The van der Waals surface area contributed by atoms with Crippen molar-refractivity contribution in [2.75, 3.05) is 11.4 Å². The second-order valence-electron chi connectivity index (χ2n) is 8.32. The summed E-state index contributed by atoms with van der Waals surface area (Å²) in [5, 5.41) is 2.99. The number of benzene rings is 2. The lowest BCUT2D eigenvalue weighted by Crippen LogP contribution is -2.44. The van der Waals surface area contributed by atoms with Gasteiger partial charge in [-0.3, -0.25) is 9.59 Å². The average molecular weight is 348 g/mol. The molecule has 2 aromatic rings. The first-order chi connectivity index (χ1) is 12.3. The number of nitrogens with one attached hydrogen (secondary N) is 1. The Morgan fingerprint density at radius 2 is 1.81 bits per heavy atom. The van der Waals surface area contributed by atoms with Crippen LogP contribution in [0.1, 0.15) is 38.3 Å². The Kier molecular flexibility index (Phi) is 3.87. The number of fused-ring (bicyclic) bond motifs is 3. The van der Waals surface area contributed by atoms with Crippen molar-refractivity contribution in [3.05, 3.63) is 53.6 Å². The molecular formula is C22H24N2O2. The van der Waals surface area contributed by atoms with Crippen molar-refractivity contribution < 1.29 is 9.59 Å². The Bertz CT molecular complexity index is 895. The average Bonchev–Trinajstić information content (AvgIpc) is 3.13. The van der Waals surface area contributed by atoms with Crippen LogP contribution >= 0.6 is 0 Å². The highest BCUT2D eigenvalue weighted by atomic mass is 16.2. The van der Waals surface area contributed by atoms with Crippen LogP contribution in [0.5, 0.6) is 0 Å². The molecule has 0 unspecified atom stereocenters. The van der Waals surface area contributed by atoms with Gasteiger partial charge in [0, 0.05) is 24.2 Å². The number of carbonyl (C=O) groups excluding carboxylic acids is 2. The molecule has 0 radical (unpaired) electrons. The second kappa shape index (κ2) is 5.97. The fourth-order valence-corrected chi connectivity index (χ4v) is 3.90. The van der Waals surface area contributed by atoms with E-state index in [9.17, 15) is 9.59 Å². The second-order valence-corrected chi connectivity index (χ2v) is 8.32. The molecule has 1 heterocycles. The van der Waals surface area contributed by atoms with E-state index in [-0.39, 0.29) is 29.7 Å². The number of rotatable bonds is 2. The highest BCUT2D eigenvalue weighted by Crippen LogP contribution is 2.39. The maximum absolute atomic E-state index is 12.5. The zero-order valence-electron chi connectivity index (χ0n) is 15.5. The molecule has 0 saturated carbocycles. The van der Waals surface area contributed by atoms with Gasteiger partial charge in [-0.2, -0.15) is 0 Å². The van der Waals surface area contributed by atoms with E-state index in [1.165, 1.54) is 22.3 Å². The van der Waals surface area contributed by atoms with Gasteiger partial charge in [0.15, 0.2) is 0 Å². The maximum Gasteiger partial charge on any atom is 0.227 e. The van der Waals surface area contributed by atoms with E-state index in [2.05, 4.69) is 41.7 Å². The van der Waals surface area contributed by atoms with Gasteiger partial charge in [-0.15, -0.1) is 0 Å². The molecule has 4 rings (SSSR count). The van der Waals surface area contributed by atoms with Gasteiger partial charge in [0.2, 0.25) is 11.8 Å². The van der Waals surface area contributed by atoms with Crippen molar-refractivity contribution in [2.45, 2.75) is 39.2 Å². The minimum Gasteiger partial charge on any atom is -0.351 e. The van der Waals surface area contributed by atoms with Crippen LogP contribution in [0.15, 0.2) is 42.5 Å². The Morgan fingerprint density at radius 1 is 1.08 bits per heavy atom. The van der Waals surface area contributed by atoms with Crippen LogP contribution < -0.4 is 10.2 Å². The summed E-state index contributed by atoms with van der Waals surface area (Å²) in [5.41, 5.74) is 5.72. The standard InChI is InChI=1S/C22H24N2O2/c1-22(2,3)23-21(26)16-12-20(25)24(13-16)17-8-9-19-15(11-17)10-14-6-4-5-7-18(14)19/h4-9,11,16H,10,12-13H2,1-3H3,(H,23,26)/t16-/m0/s1. The fraction of sp³-hybridized carbons (Fsp3) is 0.364. The molecule has 1 fully saturated rings. The van der Waals surface area contributed by atoms with E-state index in [1.807, 2.05) is 26.8 Å². The summed E-state index contributed by atoms with van der Waals surface area (Å²) in [6, 6.07) is 14.6. The van der Waals surface area contributed by atoms with E-state index >= 15 is 0 Å². The van der Waals surface area contributed by atoms with E-state index in [1.54, 1.807) is 4.90 Å². The van der Waals surface area contributed by atoms with Crippen LogP contribution in [0.3, 0.4) is 0 Å². The molecule has 0 bridgehead atoms. The smallest absolute Gasteiger partial charge is 0.227 e. The molecule has 2 amide bonds. The SMILES string of the molecule is CC(C)(C)NC(=O)[C@H]1CC(=O)N(c2ccc3c(c2)Cc2ccccc2-3)C1. The molecule has 134 valence electrons. The largest absolute Gasteiger partial charge is 0.351 e. The Balaban J connectivity index is 1.55. The van der Waals surface area contributed by atoms with Crippen molar-refractivity contribution in [3.8, 4) is 11.1 Å². The number of nitrogens with zero attached hydrogens (tertiary/aromatic N) is 1. The number of hydrogen-bond donors (Lipinski definition) is 1. The van der Waals surface area contributed by atoms with E-state index in [0.29, 0.717) is 6.54 Å². The molecule has 1 atom stereocenters. The van der Waals surface area contributed by atoms with E-state index in [4.69, 9.17) is 0 Å². The summed E-state index contributed by atoms with van der Waals surface area (Å²) in [6.45, 7) is 6.32. The molecule has 2 aliphatic rings. The van der Waals surface area contributed by atoms with Gasteiger partial charge < -0.3 is 10.2 Å². The number of amides is 2. The Hall–Kier alpha value is -2.62. The number of carbonyl (C=O) groups is 2. The Labute approximate surface area is 154 Å². The van der Waals surface area contributed by atoms with Crippen molar-refractivity contribution in [1.29, 1.82) is 0 Å². The lowest BCUT2D eigenvalue weighted by molar-refractivity contribution is -0.127. The normalized spacial score (nSPS) is 18.7. The monoisotopic (exact) mass is 348 g/mol. The van der Waals surface area contributed by atoms with E-state index < -0.39 is 0 Å². The van der Waals surface area contributed by atoms with Crippen LogP contribution in [-0.4, -0.2) is 23.9 Å². The molecule has 26 heavy (non-hydrogen) atoms. The highest BCUT2D eigenvalue weighted by Gasteiger charge is 2.36.